The van der Waals surface area contributed by atoms with Gasteiger partial charge in [0.1, 0.15) is 17.3 Å². The number of ketones is 1. The van der Waals surface area contributed by atoms with Gasteiger partial charge in [-0.2, -0.15) is 15.0 Å². The Morgan fingerprint density at radius 2 is 1.82 bits per heavy atom. The van der Waals surface area contributed by atoms with E-state index in [0.717, 1.165) is 30.1 Å². The van der Waals surface area contributed by atoms with Gasteiger partial charge in [-0.15, -0.1) is 0 Å². The van der Waals surface area contributed by atoms with E-state index in [1.165, 1.54) is 4.80 Å². The van der Waals surface area contributed by atoms with Crippen LogP contribution >= 0.6 is 0 Å². The molecule has 1 aliphatic rings. The Morgan fingerprint density at radius 1 is 1.11 bits per heavy atom. The molecule has 2 atom stereocenters. The molecule has 3 heterocycles. The highest BCUT2D eigenvalue weighted by molar-refractivity contribution is 6.03. The quantitative estimate of drug-likeness (QED) is 0.681. The summed E-state index contributed by atoms with van der Waals surface area (Å²) in [4.78, 5) is 23.8. The number of hydrogen-bond acceptors (Lipinski definition) is 7. The summed E-state index contributed by atoms with van der Waals surface area (Å²) in [5.74, 6) is 1.39. The van der Waals surface area contributed by atoms with Crippen LogP contribution in [-0.2, 0) is 0 Å². The van der Waals surface area contributed by atoms with Crippen molar-refractivity contribution in [3.63, 3.8) is 0 Å². The minimum absolute atomic E-state index is 0.00169. The molecule has 2 unspecified atom stereocenters. The van der Waals surface area contributed by atoms with E-state index in [2.05, 4.69) is 25.5 Å². The fourth-order valence-electron chi connectivity index (χ4n) is 3.60. The molecule has 2 aromatic heterocycles. The van der Waals surface area contributed by atoms with Crippen LogP contribution < -0.4 is 10.1 Å². The molecule has 0 amide bonds. The standard InChI is InChI=1S/C20H22N6O2/c1-12-10-13(2)24-20(23-12)17-7-6-16(25-17)19(27)15-5-4-14(28-3)11-18(15)26-21-8-9-22-26/h4-5,8-11,16-17,25H,6-7H2,1-3H3. The summed E-state index contributed by atoms with van der Waals surface area (Å²) in [5, 5.41) is 11.7. The van der Waals surface area contributed by atoms with Crippen molar-refractivity contribution in [2.75, 3.05) is 7.11 Å². The molecule has 144 valence electrons. The molecule has 28 heavy (non-hydrogen) atoms. The highest BCUT2D eigenvalue weighted by Gasteiger charge is 2.33. The number of nitrogens with one attached hydrogen (secondary N) is 1. The number of ether oxygens (including phenoxy) is 1. The molecule has 1 saturated heterocycles. The normalized spacial score (nSPS) is 19.0. The summed E-state index contributed by atoms with van der Waals surface area (Å²) >= 11 is 0. The Labute approximate surface area is 163 Å². The van der Waals surface area contributed by atoms with Crippen LogP contribution in [0, 0.1) is 13.8 Å². The maximum atomic E-state index is 13.3. The zero-order chi connectivity index (χ0) is 19.7. The monoisotopic (exact) mass is 378 g/mol. The number of benzene rings is 1. The molecule has 0 bridgehead atoms. The van der Waals surface area contributed by atoms with Gasteiger partial charge in [0.25, 0.3) is 0 Å². The van der Waals surface area contributed by atoms with Gasteiger partial charge in [0.15, 0.2) is 5.78 Å². The number of aryl methyl sites for hydroxylation is 2. The summed E-state index contributed by atoms with van der Waals surface area (Å²) in [6.45, 7) is 3.91. The molecular weight excluding hydrogens is 356 g/mol. The second-order valence-corrected chi connectivity index (χ2v) is 6.92. The molecule has 0 spiro atoms. The molecule has 1 aliphatic heterocycles. The summed E-state index contributed by atoms with van der Waals surface area (Å²) in [6.07, 6.45) is 4.69. The second-order valence-electron chi connectivity index (χ2n) is 6.92. The number of aromatic nitrogens is 5. The number of hydrogen-bond donors (Lipinski definition) is 1. The van der Waals surface area contributed by atoms with E-state index in [4.69, 9.17) is 4.74 Å². The van der Waals surface area contributed by atoms with Crippen molar-refractivity contribution in [3.05, 3.63) is 59.4 Å². The van der Waals surface area contributed by atoms with Crippen molar-refractivity contribution in [3.8, 4) is 11.4 Å². The van der Waals surface area contributed by atoms with Crippen molar-refractivity contribution < 1.29 is 9.53 Å². The first kappa shape index (κ1) is 18.2. The van der Waals surface area contributed by atoms with Crippen LogP contribution in [0.2, 0.25) is 0 Å². The largest absolute Gasteiger partial charge is 0.497 e. The van der Waals surface area contributed by atoms with Crippen molar-refractivity contribution in [1.82, 2.24) is 30.3 Å². The molecule has 3 aromatic rings. The zero-order valence-corrected chi connectivity index (χ0v) is 16.1. The van der Waals surface area contributed by atoms with Crippen LogP contribution in [0.1, 0.15) is 46.5 Å². The first-order chi connectivity index (χ1) is 13.5. The summed E-state index contributed by atoms with van der Waals surface area (Å²) in [6, 6.07) is 6.92. The Kier molecular flexibility index (Phi) is 4.87. The molecule has 0 aliphatic carbocycles. The lowest BCUT2D eigenvalue weighted by molar-refractivity contribution is 0.0949. The fourth-order valence-corrected chi connectivity index (χ4v) is 3.60. The van der Waals surface area contributed by atoms with Gasteiger partial charge in [-0.25, -0.2) is 9.97 Å². The van der Waals surface area contributed by atoms with Crippen LogP contribution in [0.15, 0.2) is 36.7 Å². The lowest BCUT2D eigenvalue weighted by atomic mass is 10.0. The molecular formula is C20H22N6O2. The van der Waals surface area contributed by atoms with Gasteiger partial charge in [-0.1, -0.05) is 0 Å². The minimum Gasteiger partial charge on any atom is -0.497 e. The van der Waals surface area contributed by atoms with Gasteiger partial charge in [0.2, 0.25) is 0 Å². The van der Waals surface area contributed by atoms with Crippen LogP contribution in [0.25, 0.3) is 5.69 Å². The SMILES string of the molecule is COc1ccc(C(=O)C2CCC(c3nc(C)cc(C)n3)N2)c(-n2nccn2)c1. The molecule has 1 aromatic carbocycles. The predicted molar refractivity (Wildman–Crippen MR) is 103 cm³/mol. The van der Waals surface area contributed by atoms with Gasteiger partial charge in [-0.05, 0) is 44.9 Å². The number of carbonyl (C=O) groups is 1. The second kappa shape index (κ2) is 7.47. The van der Waals surface area contributed by atoms with E-state index in [1.807, 2.05) is 19.9 Å². The molecule has 1 fully saturated rings. The highest BCUT2D eigenvalue weighted by atomic mass is 16.5. The highest BCUT2D eigenvalue weighted by Crippen LogP contribution is 2.29. The maximum Gasteiger partial charge on any atom is 0.181 e. The molecule has 0 radical (unpaired) electrons. The Bertz CT molecular complexity index is 982. The number of nitrogens with zero attached hydrogens (tertiary/aromatic N) is 5. The molecule has 0 saturated carbocycles. The van der Waals surface area contributed by atoms with E-state index >= 15 is 0 Å². The number of Topliss-reactive ketones (excluding diaryl/α,β-unsaturated/α-hetero) is 1. The van der Waals surface area contributed by atoms with Crippen LogP contribution in [0.4, 0.5) is 0 Å². The van der Waals surface area contributed by atoms with E-state index in [-0.39, 0.29) is 17.9 Å². The molecule has 8 heteroatoms. The molecule has 8 nitrogen and oxygen atoms in total. The summed E-state index contributed by atoms with van der Waals surface area (Å²) < 4.78 is 5.30. The van der Waals surface area contributed by atoms with E-state index < -0.39 is 0 Å². The lowest BCUT2D eigenvalue weighted by Gasteiger charge is -2.16. The van der Waals surface area contributed by atoms with Gasteiger partial charge < -0.3 is 4.74 Å². The van der Waals surface area contributed by atoms with E-state index in [0.29, 0.717) is 17.0 Å². The third-order valence-corrected chi connectivity index (χ3v) is 4.88. The average Bonchev–Trinajstić information content (AvgIpc) is 3.38. The van der Waals surface area contributed by atoms with Crippen molar-refractivity contribution in [1.29, 1.82) is 0 Å². The van der Waals surface area contributed by atoms with Crippen molar-refractivity contribution >= 4 is 5.78 Å². The van der Waals surface area contributed by atoms with Gasteiger partial charge >= 0.3 is 0 Å². The average molecular weight is 378 g/mol. The topological polar surface area (TPSA) is 94.8 Å². The van der Waals surface area contributed by atoms with Crippen LogP contribution in [0.5, 0.6) is 5.75 Å². The Hall–Kier alpha value is -3.13. The van der Waals surface area contributed by atoms with Gasteiger partial charge in [0, 0.05) is 23.0 Å². The maximum absolute atomic E-state index is 13.3. The third-order valence-electron chi connectivity index (χ3n) is 4.88. The Morgan fingerprint density at radius 3 is 2.50 bits per heavy atom. The first-order valence-corrected chi connectivity index (χ1v) is 9.22. The third kappa shape index (κ3) is 3.50. The van der Waals surface area contributed by atoms with Gasteiger partial charge in [0.05, 0.1) is 31.6 Å². The number of methoxy groups -OCH3 is 1. The van der Waals surface area contributed by atoms with Crippen molar-refractivity contribution in [2.24, 2.45) is 0 Å². The smallest absolute Gasteiger partial charge is 0.181 e. The van der Waals surface area contributed by atoms with Gasteiger partial charge in [-0.3, -0.25) is 10.1 Å². The minimum atomic E-state index is -0.308. The molecule has 4 rings (SSSR count). The lowest BCUT2D eigenvalue weighted by Crippen LogP contribution is -2.33. The fraction of sp³-hybridized carbons (Fsp3) is 0.350. The Balaban J connectivity index is 1.60. The molecule has 1 N–H and O–H groups in total. The summed E-state index contributed by atoms with van der Waals surface area (Å²) in [5.41, 5.74) is 3.02. The van der Waals surface area contributed by atoms with Crippen LogP contribution in [-0.4, -0.2) is 43.9 Å². The van der Waals surface area contributed by atoms with Crippen LogP contribution in [0.3, 0.4) is 0 Å². The van der Waals surface area contributed by atoms with Crippen molar-refractivity contribution in [2.45, 2.75) is 38.8 Å². The number of rotatable bonds is 5. The summed E-state index contributed by atoms with van der Waals surface area (Å²) in [7, 11) is 1.59. The van der Waals surface area contributed by atoms with E-state index in [9.17, 15) is 4.79 Å². The number of carbonyl (C=O) groups excluding carboxylic acids is 1. The first-order valence-electron chi connectivity index (χ1n) is 9.22. The predicted octanol–water partition coefficient (Wildman–Crippen LogP) is 2.36. The zero-order valence-electron chi connectivity index (χ0n) is 16.1. The van der Waals surface area contributed by atoms with E-state index in [1.54, 1.807) is 37.7 Å².